The molecule has 0 radical (unpaired) electrons. The zero-order valence-corrected chi connectivity index (χ0v) is 11.4. The summed E-state index contributed by atoms with van der Waals surface area (Å²) in [6.45, 7) is 0.668. The molecule has 0 saturated carbocycles. The van der Waals surface area contributed by atoms with E-state index in [9.17, 15) is 12.8 Å². The molecule has 1 saturated heterocycles. The topological polar surface area (TPSA) is 63.4 Å². The summed E-state index contributed by atoms with van der Waals surface area (Å²) in [6.07, 6.45) is 1.53. The van der Waals surface area contributed by atoms with Gasteiger partial charge in [0, 0.05) is 19.1 Å². The van der Waals surface area contributed by atoms with Crippen LogP contribution in [-0.2, 0) is 10.0 Å². The minimum absolute atomic E-state index is 0. The van der Waals surface area contributed by atoms with Crippen molar-refractivity contribution >= 4 is 22.4 Å². The molecule has 1 heterocycles. The molecule has 0 spiro atoms. The van der Waals surface area contributed by atoms with E-state index in [0.29, 0.717) is 6.54 Å². The molecule has 0 amide bonds. The van der Waals surface area contributed by atoms with Gasteiger partial charge in [0.15, 0.2) is 0 Å². The lowest BCUT2D eigenvalue weighted by Crippen LogP contribution is -2.45. The molecule has 1 aliphatic rings. The van der Waals surface area contributed by atoms with E-state index in [-0.39, 0.29) is 29.9 Å². The molecule has 1 atom stereocenters. The number of piperidine rings is 1. The first-order chi connectivity index (χ1) is 8.01. The van der Waals surface area contributed by atoms with Gasteiger partial charge in [-0.2, -0.15) is 4.31 Å². The summed E-state index contributed by atoms with van der Waals surface area (Å²) < 4.78 is 39.1. The molecule has 4 nitrogen and oxygen atoms in total. The predicted octanol–water partition coefficient (Wildman–Crippen LogP) is 1.36. The number of rotatable bonds is 2. The van der Waals surface area contributed by atoms with E-state index in [2.05, 4.69) is 0 Å². The molecule has 1 aromatic carbocycles. The molecule has 1 aromatic rings. The summed E-state index contributed by atoms with van der Waals surface area (Å²) >= 11 is 0. The highest BCUT2D eigenvalue weighted by atomic mass is 35.5. The molecule has 0 bridgehead atoms. The second kappa shape index (κ2) is 5.97. The van der Waals surface area contributed by atoms with Crippen LogP contribution in [0.1, 0.15) is 12.8 Å². The van der Waals surface area contributed by atoms with Crippen molar-refractivity contribution in [3.8, 4) is 0 Å². The minimum Gasteiger partial charge on any atom is -0.327 e. The van der Waals surface area contributed by atoms with Crippen LogP contribution in [0.5, 0.6) is 0 Å². The van der Waals surface area contributed by atoms with Crippen LogP contribution in [0.15, 0.2) is 29.2 Å². The lowest BCUT2D eigenvalue weighted by atomic mass is 10.1. The maximum Gasteiger partial charge on any atom is 0.246 e. The molecule has 102 valence electrons. The van der Waals surface area contributed by atoms with Gasteiger partial charge in [0.25, 0.3) is 0 Å². The Morgan fingerprint density at radius 2 is 2.00 bits per heavy atom. The van der Waals surface area contributed by atoms with Crippen molar-refractivity contribution < 1.29 is 12.8 Å². The summed E-state index contributed by atoms with van der Waals surface area (Å²) in [5.41, 5.74) is 5.74. The second-order valence-corrected chi connectivity index (χ2v) is 6.10. The number of benzene rings is 1. The highest BCUT2D eigenvalue weighted by molar-refractivity contribution is 7.89. The van der Waals surface area contributed by atoms with Crippen LogP contribution >= 0.6 is 12.4 Å². The standard InChI is InChI=1S/C11H15FN2O2S.ClH/c12-10-5-1-2-6-11(10)17(15,16)14-7-3-4-9(13)8-14;/h1-2,5-6,9H,3-4,7-8,13H2;1H. The lowest BCUT2D eigenvalue weighted by Gasteiger charge is -2.29. The first-order valence-corrected chi connectivity index (χ1v) is 6.96. The van der Waals surface area contributed by atoms with Gasteiger partial charge in [-0.25, -0.2) is 12.8 Å². The Kier molecular flexibility index (Phi) is 5.10. The van der Waals surface area contributed by atoms with Crippen LogP contribution in [0, 0.1) is 5.82 Å². The van der Waals surface area contributed by atoms with Crippen molar-refractivity contribution in [2.24, 2.45) is 5.73 Å². The number of nitrogens with zero attached hydrogens (tertiary/aromatic N) is 1. The molecule has 2 rings (SSSR count). The van der Waals surface area contributed by atoms with Crippen LogP contribution in [0.2, 0.25) is 0 Å². The van der Waals surface area contributed by atoms with Gasteiger partial charge < -0.3 is 5.73 Å². The Morgan fingerprint density at radius 3 is 2.61 bits per heavy atom. The molecule has 1 unspecified atom stereocenters. The Labute approximate surface area is 112 Å². The normalized spacial score (nSPS) is 21.3. The third kappa shape index (κ3) is 3.00. The van der Waals surface area contributed by atoms with Crippen molar-refractivity contribution in [1.82, 2.24) is 4.31 Å². The van der Waals surface area contributed by atoms with Gasteiger partial charge in [-0.3, -0.25) is 0 Å². The third-order valence-corrected chi connectivity index (χ3v) is 4.77. The lowest BCUT2D eigenvalue weighted by molar-refractivity contribution is 0.315. The summed E-state index contributed by atoms with van der Waals surface area (Å²) in [6, 6.07) is 5.25. The summed E-state index contributed by atoms with van der Waals surface area (Å²) in [4.78, 5) is -0.269. The predicted molar refractivity (Wildman–Crippen MR) is 69.6 cm³/mol. The van der Waals surface area contributed by atoms with Crippen LogP contribution in [0.4, 0.5) is 4.39 Å². The number of halogens is 2. The number of nitrogens with two attached hydrogens (primary N) is 1. The second-order valence-electron chi connectivity index (χ2n) is 4.20. The zero-order valence-electron chi connectivity index (χ0n) is 9.75. The molecule has 2 N–H and O–H groups in total. The highest BCUT2D eigenvalue weighted by Crippen LogP contribution is 2.22. The van der Waals surface area contributed by atoms with Crippen molar-refractivity contribution in [3.63, 3.8) is 0 Å². The molecule has 0 aromatic heterocycles. The van der Waals surface area contributed by atoms with Crippen LogP contribution in [-0.4, -0.2) is 31.9 Å². The Bertz CT molecular complexity index is 510. The molecular weight excluding hydrogens is 279 g/mol. The van der Waals surface area contributed by atoms with Crippen molar-refractivity contribution in [1.29, 1.82) is 0 Å². The van der Waals surface area contributed by atoms with Gasteiger partial charge in [-0.15, -0.1) is 12.4 Å². The van der Waals surface area contributed by atoms with Gasteiger partial charge in [0.2, 0.25) is 10.0 Å². The van der Waals surface area contributed by atoms with E-state index in [1.807, 2.05) is 0 Å². The van der Waals surface area contributed by atoms with Crippen molar-refractivity contribution in [2.45, 2.75) is 23.8 Å². The minimum atomic E-state index is -3.75. The van der Waals surface area contributed by atoms with E-state index in [1.54, 1.807) is 0 Å². The molecule has 1 fully saturated rings. The van der Waals surface area contributed by atoms with Crippen LogP contribution < -0.4 is 5.73 Å². The van der Waals surface area contributed by atoms with E-state index in [1.165, 1.54) is 22.5 Å². The molecule has 18 heavy (non-hydrogen) atoms. The largest absolute Gasteiger partial charge is 0.327 e. The molecular formula is C11H16ClFN2O2S. The maximum absolute atomic E-state index is 13.5. The molecule has 1 aliphatic heterocycles. The Morgan fingerprint density at radius 1 is 1.33 bits per heavy atom. The monoisotopic (exact) mass is 294 g/mol. The number of hydrogen-bond acceptors (Lipinski definition) is 3. The fraction of sp³-hybridized carbons (Fsp3) is 0.455. The number of sulfonamides is 1. The van der Waals surface area contributed by atoms with E-state index < -0.39 is 15.8 Å². The fourth-order valence-electron chi connectivity index (χ4n) is 1.99. The van der Waals surface area contributed by atoms with Crippen LogP contribution in [0.3, 0.4) is 0 Å². The van der Waals surface area contributed by atoms with Gasteiger partial charge >= 0.3 is 0 Å². The van der Waals surface area contributed by atoms with E-state index >= 15 is 0 Å². The molecule has 0 aliphatic carbocycles. The SMILES string of the molecule is Cl.NC1CCCN(S(=O)(=O)c2ccccc2F)C1. The summed E-state index contributed by atoms with van der Waals surface area (Å²) in [5, 5.41) is 0. The summed E-state index contributed by atoms with van der Waals surface area (Å²) in [5.74, 6) is -0.716. The smallest absolute Gasteiger partial charge is 0.246 e. The first-order valence-electron chi connectivity index (χ1n) is 5.52. The molecule has 7 heteroatoms. The van der Waals surface area contributed by atoms with Gasteiger partial charge in [-0.05, 0) is 25.0 Å². The van der Waals surface area contributed by atoms with Crippen LogP contribution in [0.25, 0.3) is 0 Å². The quantitative estimate of drug-likeness (QED) is 0.896. The average molecular weight is 295 g/mol. The Balaban J connectivity index is 0.00000162. The third-order valence-electron chi connectivity index (χ3n) is 2.88. The van der Waals surface area contributed by atoms with Gasteiger partial charge in [0.1, 0.15) is 10.7 Å². The van der Waals surface area contributed by atoms with Crippen molar-refractivity contribution in [2.75, 3.05) is 13.1 Å². The highest BCUT2D eigenvalue weighted by Gasteiger charge is 2.30. The van der Waals surface area contributed by atoms with Crippen molar-refractivity contribution in [3.05, 3.63) is 30.1 Å². The average Bonchev–Trinajstić information content (AvgIpc) is 2.29. The fourth-order valence-corrected chi connectivity index (χ4v) is 3.59. The maximum atomic E-state index is 13.5. The number of hydrogen-bond donors (Lipinski definition) is 1. The zero-order chi connectivity index (χ0) is 12.5. The Hall–Kier alpha value is -0.690. The van der Waals surface area contributed by atoms with E-state index in [4.69, 9.17) is 5.73 Å². The van der Waals surface area contributed by atoms with Gasteiger partial charge in [0.05, 0.1) is 0 Å². The summed E-state index contributed by atoms with van der Waals surface area (Å²) in [7, 11) is -3.75. The van der Waals surface area contributed by atoms with E-state index in [0.717, 1.165) is 18.9 Å². The van der Waals surface area contributed by atoms with Gasteiger partial charge in [-0.1, -0.05) is 12.1 Å². The first kappa shape index (κ1) is 15.4.